The summed E-state index contributed by atoms with van der Waals surface area (Å²) >= 11 is 0. The van der Waals surface area contributed by atoms with E-state index < -0.39 is 0 Å². The number of hydrogen-bond donors (Lipinski definition) is 1. The molecule has 4 aliphatic carbocycles. The molecule has 4 fully saturated rings. The van der Waals surface area contributed by atoms with Gasteiger partial charge in [0.2, 0.25) is 5.91 Å². The molecule has 5 heteroatoms. The third-order valence-corrected chi connectivity index (χ3v) is 7.43. The Morgan fingerprint density at radius 2 is 1.81 bits per heavy atom. The molecule has 5 nitrogen and oxygen atoms in total. The molecule has 1 aromatic carbocycles. The van der Waals surface area contributed by atoms with Crippen LogP contribution >= 0.6 is 0 Å². The van der Waals surface area contributed by atoms with Crippen molar-refractivity contribution in [3.8, 4) is 0 Å². The Morgan fingerprint density at radius 3 is 2.48 bits per heavy atom. The minimum Gasteiger partial charge on any atom is -0.352 e. The molecule has 1 aromatic heterocycles. The van der Waals surface area contributed by atoms with Gasteiger partial charge in [0.1, 0.15) is 6.54 Å². The zero-order valence-corrected chi connectivity index (χ0v) is 15.9. The maximum absolute atomic E-state index is 12.7. The van der Waals surface area contributed by atoms with Gasteiger partial charge in [0.15, 0.2) is 0 Å². The first-order valence-electron chi connectivity index (χ1n) is 10.3. The largest absolute Gasteiger partial charge is 0.352 e. The average Bonchev–Trinajstić information content (AvgIpc) is 2.63. The topological polar surface area (TPSA) is 64.0 Å². The molecule has 1 heterocycles. The second kappa shape index (κ2) is 6.18. The molecule has 27 heavy (non-hydrogen) atoms. The molecule has 0 aliphatic heterocycles. The highest BCUT2D eigenvalue weighted by Crippen LogP contribution is 2.61. The number of carbonyl (C=O) groups is 1. The smallest absolute Gasteiger partial charge is 0.261 e. The fraction of sp³-hybridized carbons (Fsp3) is 0.591. The number of rotatable bonds is 4. The van der Waals surface area contributed by atoms with Gasteiger partial charge < -0.3 is 5.32 Å². The van der Waals surface area contributed by atoms with Gasteiger partial charge in [-0.2, -0.15) is 0 Å². The highest BCUT2D eigenvalue weighted by molar-refractivity contribution is 5.79. The Hall–Kier alpha value is -2.17. The SMILES string of the molecule is C[C@H](NC(=O)Cn1cnc2ccccc2c1=O)C12CC3CC(CC(C3)C1)C2. The zero-order valence-electron chi connectivity index (χ0n) is 15.9. The normalized spacial score (nSPS) is 32.6. The van der Waals surface area contributed by atoms with Crippen LogP contribution in [0.4, 0.5) is 0 Å². The van der Waals surface area contributed by atoms with Gasteiger partial charge in [-0.15, -0.1) is 0 Å². The predicted octanol–water partition coefficient (Wildman–Crippen LogP) is 3.12. The van der Waals surface area contributed by atoms with Gasteiger partial charge in [-0.3, -0.25) is 14.2 Å². The van der Waals surface area contributed by atoms with Crippen LogP contribution in [0.5, 0.6) is 0 Å². The van der Waals surface area contributed by atoms with Crippen LogP contribution in [0.1, 0.15) is 45.4 Å². The van der Waals surface area contributed by atoms with E-state index in [1.54, 1.807) is 6.07 Å². The number of hydrogen-bond acceptors (Lipinski definition) is 3. The first-order valence-corrected chi connectivity index (χ1v) is 10.3. The average molecular weight is 365 g/mol. The molecule has 6 rings (SSSR count). The number of aromatic nitrogens is 2. The highest BCUT2D eigenvalue weighted by atomic mass is 16.2. The first-order chi connectivity index (χ1) is 13.0. The minimum absolute atomic E-state index is 0.0351. The third-order valence-electron chi connectivity index (χ3n) is 7.43. The summed E-state index contributed by atoms with van der Waals surface area (Å²) in [4.78, 5) is 29.6. The Bertz CT molecular complexity index is 913. The van der Waals surface area contributed by atoms with Crippen molar-refractivity contribution in [2.24, 2.45) is 23.2 Å². The Morgan fingerprint density at radius 1 is 1.19 bits per heavy atom. The van der Waals surface area contributed by atoms with Crippen molar-refractivity contribution in [3.63, 3.8) is 0 Å². The maximum Gasteiger partial charge on any atom is 0.261 e. The van der Waals surface area contributed by atoms with Gasteiger partial charge in [0, 0.05) is 6.04 Å². The van der Waals surface area contributed by atoms with Gasteiger partial charge in [0.25, 0.3) is 5.56 Å². The molecule has 2 aromatic rings. The van der Waals surface area contributed by atoms with Crippen LogP contribution in [0, 0.1) is 23.2 Å². The lowest BCUT2D eigenvalue weighted by Crippen LogP contribution is -2.56. The second-order valence-corrected chi connectivity index (χ2v) is 9.26. The molecule has 0 radical (unpaired) electrons. The van der Waals surface area contributed by atoms with Crippen molar-refractivity contribution in [2.75, 3.05) is 0 Å². The molecule has 1 N–H and O–H groups in total. The summed E-state index contributed by atoms with van der Waals surface area (Å²) in [6, 6.07) is 7.43. The number of nitrogens with one attached hydrogen (secondary N) is 1. The van der Waals surface area contributed by atoms with Crippen molar-refractivity contribution in [1.29, 1.82) is 0 Å². The van der Waals surface area contributed by atoms with Crippen LogP contribution in [0.25, 0.3) is 10.9 Å². The van der Waals surface area contributed by atoms with Gasteiger partial charge in [-0.05, 0) is 80.8 Å². The number of benzene rings is 1. The van der Waals surface area contributed by atoms with Crippen molar-refractivity contribution in [1.82, 2.24) is 14.9 Å². The number of amides is 1. The number of para-hydroxylation sites is 1. The molecular weight excluding hydrogens is 338 g/mol. The summed E-state index contributed by atoms with van der Waals surface area (Å²) in [7, 11) is 0. The number of nitrogens with zero attached hydrogens (tertiary/aromatic N) is 2. The molecule has 0 saturated heterocycles. The Labute approximate surface area is 159 Å². The lowest BCUT2D eigenvalue weighted by atomic mass is 9.48. The van der Waals surface area contributed by atoms with E-state index in [9.17, 15) is 9.59 Å². The molecule has 0 unspecified atom stereocenters. The summed E-state index contributed by atoms with van der Waals surface area (Å²) < 4.78 is 1.42. The Balaban J connectivity index is 1.31. The highest BCUT2D eigenvalue weighted by Gasteiger charge is 2.53. The Kier molecular flexibility index (Phi) is 3.88. The second-order valence-electron chi connectivity index (χ2n) is 9.26. The van der Waals surface area contributed by atoms with Crippen LogP contribution < -0.4 is 10.9 Å². The molecule has 1 atom stereocenters. The van der Waals surface area contributed by atoms with Crippen LogP contribution in [0.15, 0.2) is 35.4 Å². The van der Waals surface area contributed by atoms with Crippen LogP contribution in [0.2, 0.25) is 0 Å². The zero-order chi connectivity index (χ0) is 18.6. The van der Waals surface area contributed by atoms with Crippen LogP contribution in [-0.2, 0) is 11.3 Å². The van der Waals surface area contributed by atoms with E-state index in [4.69, 9.17) is 0 Å². The fourth-order valence-corrected chi connectivity index (χ4v) is 6.52. The quantitative estimate of drug-likeness (QED) is 0.905. The van der Waals surface area contributed by atoms with E-state index in [2.05, 4.69) is 17.2 Å². The van der Waals surface area contributed by atoms with Crippen molar-refractivity contribution < 1.29 is 4.79 Å². The molecule has 0 spiro atoms. The minimum atomic E-state index is -0.154. The molecular formula is C22H27N3O2. The number of carbonyl (C=O) groups excluding carboxylic acids is 1. The van der Waals surface area contributed by atoms with E-state index in [0.717, 1.165) is 17.8 Å². The molecule has 4 aliphatic rings. The van der Waals surface area contributed by atoms with E-state index >= 15 is 0 Å². The molecule has 4 bridgehead atoms. The van der Waals surface area contributed by atoms with E-state index in [-0.39, 0.29) is 29.5 Å². The first kappa shape index (κ1) is 17.0. The summed E-state index contributed by atoms with van der Waals surface area (Å²) in [6.07, 6.45) is 9.47. The molecule has 142 valence electrons. The van der Waals surface area contributed by atoms with E-state index in [1.165, 1.54) is 49.4 Å². The van der Waals surface area contributed by atoms with Gasteiger partial charge in [-0.25, -0.2) is 4.98 Å². The van der Waals surface area contributed by atoms with Crippen molar-refractivity contribution >= 4 is 16.8 Å². The summed E-state index contributed by atoms with van der Waals surface area (Å²) in [6.45, 7) is 2.21. The summed E-state index contributed by atoms with van der Waals surface area (Å²) in [5, 5.41) is 3.79. The lowest BCUT2D eigenvalue weighted by Gasteiger charge is -2.59. The summed E-state index contributed by atoms with van der Waals surface area (Å²) in [5.74, 6) is 2.51. The van der Waals surface area contributed by atoms with Crippen LogP contribution in [0.3, 0.4) is 0 Å². The van der Waals surface area contributed by atoms with Gasteiger partial charge in [-0.1, -0.05) is 12.1 Å². The van der Waals surface area contributed by atoms with Crippen molar-refractivity contribution in [3.05, 3.63) is 40.9 Å². The third kappa shape index (κ3) is 2.88. The lowest BCUT2D eigenvalue weighted by molar-refractivity contribution is -0.126. The number of fused-ring (bicyclic) bond motifs is 1. The molecule has 1 amide bonds. The summed E-state index contributed by atoms with van der Waals surface area (Å²) in [5.41, 5.74) is 0.788. The maximum atomic E-state index is 12.7. The van der Waals surface area contributed by atoms with Crippen LogP contribution in [-0.4, -0.2) is 21.5 Å². The van der Waals surface area contributed by atoms with E-state index in [1.807, 2.05) is 18.2 Å². The standard InChI is InChI=1S/C22H27N3O2/c1-14(22-9-15-6-16(10-22)8-17(7-15)11-22)24-20(26)12-25-13-23-19-5-3-2-4-18(19)21(25)27/h2-5,13-17H,6-12H2,1H3,(H,24,26)/t14-,15?,16?,17?,22?/m0/s1. The van der Waals surface area contributed by atoms with Gasteiger partial charge in [0.05, 0.1) is 17.2 Å². The van der Waals surface area contributed by atoms with Crippen molar-refractivity contribution in [2.45, 2.75) is 58.0 Å². The predicted molar refractivity (Wildman–Crippen MR) is 104 cm³/mol. The monoisotopic (exact) mass is 365 g/mol. The molecule has 4 saturated carbocycles. The van der Waals surface area contributed by atoms with Gasteiger partial charge >= 0.3 is 0 Å². The van der Waals surface area contributed by atoms with E-state index in [0.29, 0.717) is 10.9 Å². The fourth-order valence-electron chi connectivity index (χ4n) is 6.52.